The van der Waals surface area contributed by atoms with Crippen LogP contribution in [0.25, 0.3) is 11.4 Å². The lowest BCUT2D eigenvalue weighted by atomic mass is 10.3. The molecule has 1 amide bonds. The molecule has 0 radical (unpaired) electrons. The first kappa shape index (κ1) is 16.1. The molecule has 0 aliphatic rings. The van der Waals surface area contributed by atoms with E-state index in [0.29, 0.717) is 21.5 Å². The number of aryl methyl sites for hydroxylation is 1. The van der Waals surface area contributed by atoms with Gasteiger partial charge in [0.05, 0.1) is 28.1 Å². The molecule has 0 aromatic carbocycles. The number of Topliss-reactive ketones (excluding diaryl/α,β-unsaturated/α-hetero) is 1. The molecule has 9 heteroatoms. The number of aromatic nitrogens is 4. The number of rotatable bonds is 6. The fourth-order valence-corrected chi connectivity index (χ4v) is 2.81. The normalized spacial score (nSPS) is 10.8. The fraction of sp³-hybridized carbons (Fsp3) is 0.267. The van der Waals surface area contributed by atoms with Gasteiger partial charge >= 0.3 is 0 Å². The summed E-state index contributed by atoms with van der Waals surface area (Å²) in [6.45, 7) is 4.31. The molecule has 8 nitrogen and oxygen atoms in total. The first-order valence-corrected chi connectivity index (χ1v) is 8.13. The average molecular weight is 345 g/mol. The molecular weight excluding hydrogens is 330 g/mol. The summed E-state index contributed by atoms with van der Waals surface area (Å²) in [5.74, 6) is 0.374. The fourth-order valence-electron chi connectivity index (χ4n) is 1.99. The molecule has 1 N–H and O–H groups in total. The highest BCUT2D eigenvalue weighted by Gasteiger charge is 2.14. The van der Waals surface area contributed by atoms with Crippen molar-refractivity contribution in [2.24, 2.45) is 0 Å². The second-order valence-electron chi connectivity index (χ2n) is 5.00. The molecule has 0 aliphatic heterocycles. The largest absolute Gasteiger partial charge is 0.342 e. The number of carbonyl (C=O) groups excluding carboxylic acids is 2. The molecule has 124 valence electrons. The molecule has 3 aromatic heterocycles. The van der Waals surface area contributed by atoms with Crippen LogP contribution < -0.4 is 5.32 Å². The second-order valence-corrected chi connectivity index (χ2v) is 6.08. The number of nitrogens with one attached hydrogen (secondary N) is 1. The molecular formula is C15H15N5O3S. The van der Waals surface area contributed by atoms with Crippen LogP contribution >= 0.6 is 11.3 Å². The van der Waals surface area contributed by atoms with Crippen molar-refractivity contribution in [1.82, 2.24) is 25.2 Å². The summed E-state index contributed by atoms with van der Waals surface area (Å²) in [4.78, 5) is 28.6. The molecule has 0 atom stereocenters. The molecule has 3 aromatic rings. The Morgan fingerprint density at radius 1 is 1.33 bits per heavy atom. The molecule has 24 heavy (non-hydrogen) atoms. The lowest BCUT2D eigenvalue weighted by Gasteiger charge is -1.98. The third-order valence-corrected chi connectivity index (χ3v) is 4.45. The summed E-state index contributed by atoms with van der Waals surface area (Å²) >= 11 is 1.15. The van der Waals surface area contributed by atoms with Crippen molar-refractivity contribution >= 4 is 23.0 Å². The number of nitrogens with zero attached hydrogens (tertiary/aromatic N) is 4. The van der Waals surface area contributed by atoms with Crippen LogP contribution in [-0.2, 0) is 13.1 Å². The van der Waals surface area contributed by atoms with Crippen molar-refractivity contribution in [3.63, 3.8) is 0 Å². The smallest absolute Gasteiger partial charge is 0.261 e. The predicted molar refractivity (Wildman–Crippen MR) is 86.7 cm³/mol. The minimum atomic E-state index is -0.286. The van der Waals surface area contributed by atoms with Crippen LogP contribution in [0.4, 0.5) is 0 Å². The molecule has 0 fully saturated rings. The number of hydrogen-bond donors (Lipinski definition) is 1. The van der Waals surface area contributed by atoms with Crippen molar-refractivity contribution in [2.75, 3.05) is 0 Å². The van der Waals surface area contributed by atoms with E-state index in [2.05, 4.69) is 20.6 Å². The zero-order valence-electron chi connectivity index (χ0n) is 13.1. The average Bonchev–Trinajstić information content (AvgIpc) is 3.31. The molecule has 0 spiro atoms. The Kier molecular flexibility index (Phi) is 4.52. The molecule has 3 heterocycles. The van der Waals surface area contributed by atoms with Gasteiger partial charge in [-0.05, 0) is 26.0 Å². The monoisotopic (exact) mass is 345 g/mol. The van der Waals surface area contributed by atoms with Gasteiger partial charge in [0.25, 0.3) is 5.91 Å². The highest BCUT2D eigenvalue weighted by molar-refractivity contribution is 7.15. The molecule has 0 saturated heterocycles. The molecule has 3 rings (SSSR count). The van der Waals surface area contributed by atoms with Crippen molar-refractivity contribution < 1.29 is 14.1 Å². The highest BCUT2D eigenvalue weighted by Crippen LogP contribution is 2.17. The predicted octanol–water partition coefficient (Wildman–Crippen LogP) is 2.15. The minimum Gasteiger partial charge on any atom is -0.342 e. The maximum Gasteiger partial charge on any atom is 0.261 e. The van der Waals surface area contributed by atoms with Crippen LogP contribution in [0.3, 0.4) is 0 Å². The van der Waals surface area contributed by atoms with Gasteiger partial charge in [-0.2, -0.15) is 10.1 Å². The summed E-state index contributed by atoms with van der Waals surface area (Å²) in [5.41, 5.74) is 0.752. The van der Waals surface area contributed by atoms with Crippen molar-refractivity contribution in [1.29, 1.82) is 0 Å². The maximum atomic E-state index is 12.1. The van der Waals surface area contributed by atoms with Crippen LogP contribution in [0.1, 0.15) is 39.1 Å². The second kappa shape index (κ2) is 6.75. The van der Waals surface area contributed by atoms with Gasteiger partial charge in [0.15, 0.2) is 5.78 Å². The zero-order chi connectivity index (χ0) is 17.1. The molecule has 0 saturated carbocycles. The number of ketones is 1. The highest BCUT2D eigenvalue weighted by atomic mass is 32.1. The van der Waals surface area contributed by atoms with Crippen LogP contribution in [0.5, 0.6) is 0 Å². The van der Waals surface area contributed by atoms with E-state index in [-0.39, 0.29) is 18.2 Å². The third kappa shape index (κ3) is 3.40. The van der Waals surface area contributed by atoms with Crippen LogP contribution in [0.15, 0.2) is 29.0 Å². The maximum absolute atomic E-state index is 12.1. The van der Waals surface area contributed by atoms with Crippen molar-refractivity contribution in [3.05, 3.63) is 40.2 Å². The first-order valence-electron chi connectivity index (χ1n) is 7.31. The van der Waals surface area contributed by atoms with Gasteiger partial charge in [0, 0.05) is 12.7 Å². The summed E-state index contributed by atoms with van der Waals surface area (Å²) in [5, 5.41) is 10.7. The van der Waals surface area contributed by atoms with E-state index >= 15 is 0 Å². The van der Waals surface area contributed by atoms with E-state index in [4.69, 9.17) is 4.52 Å². The number of hydrogen-bond acceptors (Lipinski definition) is 7. The van der Waals surface area contributed by atoms with Crippen LogP contribution in [0, 0.1) is 0 Å². The summed E-state index contributed by atoms with van der Waals surface area (Å²) in [6.07, 6.45) is 3.48. The lowest BCUT2D eigenvalue weighted by Crippen LogP contribution is -2.21. The van der Waals surface area contributed by atoms with E-state index < -0.39 is 0 Å². The van der Waals surface area contributed by atoms with E-state index in [1.165, 1.54) is 6.92 Å². The Bertz CT molecular complexity index is 879. The van der Waals surface area contributed by atoms with Gasteiger partial charge in [0.1, 0.15) is 0 Å². The third-order valence-electron chi connectivity index (χ3n) is 3.26. The quantitative estimate of drug-likeness (QED) is 0.687. The summed E-state index contributed by atoms with van der Waals surface area (Å²) in [7, 11) is 0. The van der Waals surface area contributed by atoms with E-state index in [1.807, 2.05) is 13.1 Å². The van der Waals surface area contributed by atoms with Crippen LogP contribution in [0.2, 0.25) is 0 Å². The van der Waals surface area contributed by atoms with Crippen LogP contribution in [-0.4, -0.2) is 31.6 Å². The standard InChI is InChI=1S/C15H15N5O3S/c1-3-20-8-10(6-17-20)14-18-13(23-19-14)7-16-15(22)12-5-4-11(24-12)9(2)21/h4-6,8H,3,7H2,1-2H3,(H,16,22). The van der Waals surface area contributed by atoms with E-state index in [0.717, 1.165) is 23.4 Å². The van der Waals surface area contributed by atoms with Crippen molar-refractivity contribution in [3.8, 4) is 11.4 Å². The lowest BCUT2D eigenvalue weighted by molar-refractivity contribution is 0.0949. The molecule has 0 bridgehead atoms. The SMILES string of the molecule is CCn1cc(-c2noc(CNC(=O)c3ccc(C(C)=O)s3)n2)cn1. The first-order chi connectivity index (χ1) is 11.6. The summed E-state index contributed by atoms with van der Waals surface area (Å²) < 4.78 is 6.89. The summed E-state index contributed by atoms with van der Waals surface area (Å²) in [6, 6.07) is 3.26. The molecule has 0 unspecified atom stereocenters. The Morgan fingerprint density at radius 2 is 2.12 bits per heavy atom. The Morgan fingerprint density at radius 3 is 2.79 bits per heavy atom. The van der Waals surface area contributed by atoms with Gasteiger partial charge in [0.2, 0.25) is 11.7 Å². The van der Waals surface area contributed by atoms with E-state index in [9.17, 15) is 9.59 Å². The minimum absolute atomic E-state index is 0.0618. The zero-order valence-corrected chi connectivity index (χ0v) is 14.0. The van der Waals surface area contributed by atoms with Gasteiger partial charge in [-0.1, -0.05) is 5.16 Å². The Balaban J connectivity index is 1.62. The number of thiophene rings is 1. The molecule has 0 aliphatic carbocycles. The van der Waals surface area contributed by atoms with E-state index in [1.54, 1.807) is 23.0 Å². The number of carbonyl (C=O) groups is 2. The number of amides is 1. The van der Waals surface area contributed by atoms with Gasteiger partial charge in [-0.3, -0.25) is 14.3 Å². The van der Waals surface area contributed by atoms with Gasteiger partial charge in [-0.25, -0.2) is 0 Å². The van der Waals surface area contributed by atoms with Crippen molar-refractivity contribution in [2.45, 2.75) is 26.9 Å². The topological polar surface area (TPSA) is 103 Å². The van der Waals surface area contributed by atoms with Gasteiger partial charge in [-0.15, -0.1) is 11.3 Å². The van der Waals surface area contributed by atoms with Gasteiger partial charge < -0.3 is 9.84 Å². The Hall–Kier alpha value is -2.81. The Labute approximate surface area is 141 Å².